The molecule has 0 saturated carbocycles. The maximum atomic E-state index is 13.6. The zero-order valence-corrected chi connectivity index (χ0v) is 21.1. The standard InChI is InChI=1S/C25H25ClN2O4S2/c1-3-14-27(34(30,31)21-10-6-19(26)7-11-21)17-24(29)28-15-12-23-22(13-16-33-23)25(28)18-4-8-20(32-2)9-5-18/h3-11,13,16,25H,1,12,14-15,17H2,2H3. The number of rotatable bonds is 8. The highest BCUT2D eigenvalue weighted by atomic mass is 35.5. The normalized spacial score (nSPS) is 15.7. The summed E-state index contributed by atoms with van der Waals surface area (Å²) in [5.41, 5.74) is 2.02. The van der Waals surface area contributed by atoms with E-state index in [0.29, 0.717) is 11.6 Å². The molecule has 1 aliphatic heterocycles. The molecule has 0 spiro atoms. The number of carbonyl (C=O) groups is 1. The molecule has 3 aromatic rings. The van der Waals surface area contributed by atoms with Crippen molar-refractivity contribution in [3.63, 3.8) is 0 Å². The second-order valence-corrected chi connectivity index (χ2v) is 11.2. The molecule has 1 atom stereocenters. The van der Waals surface area contributed by atoms with Crippen molar-refractivity contribution in [2.24, 2.45) is 0 Å². The molecular weight excluding hydrogens is 492 g/mol. The van der Waals surface area contributed by atoms with E-state index in [1.165, 1.54) is 35.2 Å². The van der Waals surface area contributed by atoms with Crippen molar-refractivity contribution in [1.82, 2.24) is 9.21 Å². The van der Waals surface area contributed by atoms with Gasteiger partial charge in [0, 0.05) is 23.0 Å². The van der Waals surface area contributed by atoms with Gasteiger partial charge in [0.1, 0.15) is 5.75 Å². The highest BCUT2D eigenvalue weighted by Gasteiger charge is 2.35. The van der Waals surface area contributed by atoms with Crippen LogP contribution in [0.2, 0.25) is 5.02 Å². The molecule has 0 radical (unpaired) electrons. The minimum atomic E-state index is -3.91. The highest BCUT2D eigenvalue weighted by molar-refractivity contribution is 7.89. The van der Waals surface area contributed by atoms with Crippen LogP contribution in [0.1, 0.15) is 22.0 Å². The smallest absolute Gasteiger partial charge is 0.243 e. The fourth-order valence-corrected chi connectivity index (χ4v) is 6.51. The summed E-state index contributed by atoms with van der Waals surface area (Å²) in [6.07, 6.45) is 2.21. The lowest BCUT2D eigenvalue weighted by atomic mass is 9.93. The van der Waals surface area contributed by atoms with E-state index in [2.05, 4.69) is 6.58 Å². The van der Waals surface area contributed by atoms with Crippen molar-refractivity contribution >= 4 is 38.9 Å². The molecule has 1 aliphatic rings. The molecule has 2 heterocycles. The maximum Gasteiger partial charge on any atom is 0.243 e. The average Bonchev–Trinajstić information content (AvgIpc) is 3.32. The van der Waals surface area contributed by atoms with E-state index in [1.54, 1.807) is 23.3 Å². The minimum Gasteiger partial charge on any atom is -0.497 e. The molecular formula is C25H25ClN2O4S2. The van der Waals surface area contributed by atoms with Crippen LogP contribution in [0.5, 0.6) is 5.75 Å². The molecule has 6 nitrogen and oxygen atoms in total. The third-order valence-electron chi connectivity index (χ3n) is 5.81. The summed E-state index contributed by atoms with van der Waals surface area (Å²) in [7, 11) is -2.30. The minimum absolute atomic E-state index is 0.0153. The second-order valence-electron chi connectivity index (χ2n) is 7.85. The molecule has 0 N–H and O–H groups in total. The van der Waals surface area contributed by atoms with Crippen LogP contribution in [0.3, 0.4) is 0 Å². The van der Waals surface area contributed by atoms with Crippen molar-refractivity contribution in [2.45, 2.75) is 17.4 Å². The predicted octanol–water partition coefficient (Wildman–Crippen LogP) is 4.76. The highest BCUT2D eigenvalue weighted by Crippen LogP contribution is 2.38. The van der Waals surface area contributed by atoms with Crippen molar-refractivity contribution < 1.29 is 17.9 Å². The molecule has 4 rings (SSSR count). The van der Waals surface area contributed by atoms with Crippen LogP contribution in [-0.2, 0) is 21.2 Å². The fourth-order valence-electron chi connectivity index (χ4n) is 4.12. The van der Waals surface area contributed by atoms with Gasteiger partial charge in [-0.15, -0.1) is 17.9 Å². The largest absolute Gasteiger partial charge is 0.497 e. The van der Waals surface area contributed by atoms with Crippen LogP contribution >= 0.6 is 22.9 Å². The van der Waals surface area contributed by atoms with Gasteiger partial charge >= 0.3 is 0 Å². The molecule has 0 bridgehead atoms. The van der Waals surface area contributed by atoms with Gasteiger partial charge in [-0.3, -0.25) is 4.79 Å². The topological polar surface area (TPSA) is 66.9 Å². The number of halogens is 1. The maximum absolute atomic E-state index is 13.6. The van der Waals surface area contributed by atoms with Crippen LogP contribution in [0.25, 0.3) is 0 Å². The third kappa shape index (κ3) is 4.90. The number of amides is 1. The average molecular weight is 517 g/mol. The number of benzene rings is 2. The van der Waals surface area contributed by atoms with Gasteiger partial charge in [-0.1, -0.05) is 29.8 Å². The lowest BCUT2D eigenvalue weighted by Gasteiger charge is -2.37. The molecule has 0 fully saturated rings. The predicted molar refractivity (Wildman–Crippen MR) is 135 cm³/mol. The zero-order chi connectivity index (χ0) is 24.3. The first-order chi connectivity index (χ1) is 16.3. The monoisotopic (exact) mass is 516 g/mol. The second kappa shape index (κ2) is 10.3. The lowest BCUT2D eigenvalue weighted by Crippen LogP contribution is -2.46. The first kappa shape index (κ1) is 24.5. The number of hydrogen-bond donors (Lipinski definition) is 0. The summed E-state index contributed by atoms with van der Waals surface area (Å²) >= 11 is 7.60. The number of ether oxygens (including phenoxy) is 1. The number of sulfonamides is 1. The van der Waals surface area contributed by atoms with Crippen LogP contribution in [-0.4, -0.2) is 50.3 Å². The molecule has 34 heavy (non-hydrogen) atoms. The summed E-state index contributed by atoms with van der Waals surface area (Å²) in [6, 6.07) is 15.3. The Kier molecular flexibility index (Phi) is 7.42. The Morgan fingerprint density at radius 3 is 2.56 bits per heavy atom. The quantitative estimate of drug-likeness (QED) is 0.405. The van der Waals surface area contributed by atoms with Gasteiger partial charge in [0.2, 0.25) is 15.9 Å². The van der Waals surface area contributed by atoms with Gasteiger partial charge in [0.05, 0.1) is 24.6 Å². The molecule has 2 aromatic carbocycles. The van der Waals surface area contributed by atoms with E-state index in [9.17, 15) is 13.2 Å². The van der Waals surface area contributed by atoms with Crippen molar-refractivity contribution in [3.05, 3.63) is 93.7 Å². The SMILES string of the molecule is C=CCN(CC(=O)N1CCc2sccc2C1c1ccc(OC)cc1)S(=O)(=O)c1ccc(Cl)cc1. The van der Waals surface area contributed by atoms with Crippen molar-refractivity contribution in [3.8, 4) is 5.75 Å². The zero-order valence-electron chi connectivity index (χ0n) is 18.7. The Bertz CT molecular complexity index is 1270. The van der Waals surface area contributed by atoms with E-state index in [1.807, 2.05) is 35.7 Å². The Labute approximate surface area is 209 Å². The molecule has 0 saturated heterocycles. The number of nitrogens with zero attached hydrogens (tertiary/aromatic N) is 2. The van der Waals surface area contributed by atoms with Gasteiger partial charge in [-0.05, 0) is 65.4 Å². The summed E-state index contributed by atoms with van der Waals surface area (Å²) in [6.45, 7) is 3.91. The Hall–Kier alpha value is -2.65. The Morgan fingerprint density at radius 1 is 1.21 bits per heavy atom. The van der Waals surface area contributed by atoms with Gasteiger partial charge in [-0.2, -0.15) is 4.31 Å². The fraction of sp³-hybridized carbons (Fsp3) is 0.240. The lowest BCUT2D eigenvalue weighted by molar-refractivity contribution is -0.133. The number of methoxy groups -OCH3 is 1. The van der Waals surface area contributed by atoms with E-state index in [0.717, 1.165) is 27.6 Å². The Balaban J connectivity index is 1.65. The van der Waals surface area contributed by atoms with Crippen LogP contribution in [0.15, 0.2) is 77.5 Å². The first-order valence-corrected chi connectivity index (χ1v) is 13.4. The molecule has 1 aromatic heterocycles. The van der Waals surface area contributed by atoms with E-state index < -0.39 is 10.0 Å². The van der Waals surface area contributed by atoms with Gasteiger partial charge in [-0.25, -0.2) is 8.42 Å². The number of thiophene rings is 1. The molecule has 0 aliphatic carbocycles. The van der Waals surface area contributed by atoms with Gasteiger partial charge < -0.3 is 9.64 Å². The van der Waals surface area contributed by atoms with Gasteiger partial charge in [0.15, 0.2) is 0 Å². The van der Waals surface area contributed by atoms with Crippen molar-refractivity contribution in [2.75, 3.05) is 26.7 Å². The number of fused-ring (bicyclic) bond motifs is 1. The van der Waals surface area contributed by atoms with Gasteiger partial charge in [0.25, 0.3) is 0 Å². The van der Waals surface area contributed by atoms with E-state index in [-0.39, 0.29) is 29.9 Å². The number of carbonyl (C=O) groups excluding carboxylic acids is 1. The molecule has 9 heteroatoms. The Morgan fingerprint density at radius 2 is 1.91 bits per heavy atom. The summed E-state index contributed by atoms with van der Waals surface area (Å²) in [5, 5.41) is 2.47. The van der Waals surface area contributed by atoms with Crippen LogP contribution in [0.4, 0.5) is 0 Å². The molecule has 1 unspecified atom stereocenters. The molecule has 1 amide bonds. The van der Waals surface area contributed by atoms with E-state index in [4.69, 9.17) is 16.3 Å². The first-order valence-electron chi connectivity index (χ1n) is 10.7. The number of hydrogen-bond acceptors (Lipinski definition) is 5. The molecule has 178 valence electrons. The van der Waals surface area contributed by atoms with Crippen LogP contribution in [0, 0.1) is 0 Å². The summed E-state index contributed by atoms with van der Waals surface area (Å²) in [5.74, 6) is 0.464. The van der Waals surface area contributed by atoms with Crippen molar-refractivity contribution in [1.29, 1.82) is 0 Å². The summed E-state index contributed by atoms with van der Waals surface area (Å²) < 4.78 is 33.0. The third-order valence-corrected chi connectivity index (χ3v) is 8.89. The summed E-state index contributed by atoms with van der Waals surface area (Å²) in [4.78, 5) is 16.7. The van der Waals surface area contributed by atoms with E-state index >= 15 is 0 Å². The van der Waals surface area contributed by atoms with Crippen LogP contribution < -0.4 is 4.74 Å².